The van der Waals surface area contributed by atoms with Crippen molar-refractivity contribution in [3.63, 3.8) is 0 Å². The molecule has 1 aliphatic rings. The van der Waals surface area contributed by atoms with Gasteiger partial charge in [-0.15, -0.1) is 11.3 Å². The molecule has 3 aromatic rings. The van der Waals surface area contributed by atoms with Gasteiger partial charge in [-0.3, -0.25) is 0 Å². The van der Waals surface area contributed by atoms with Crippen LogP contribution in [0.5, 0.6) is 0 Å². The molecule has 4 rings (SSSR count). The topological polar surface area (TPSA) is 90.2 Å². The molecule has 1 aromatic heterocycles. The van der Waals surface area contributed by atoms with Crippen molar-refractivity contribution < 1.29 is 29.6 Å². The third kappa shape index (κ3) is 4.49. The van der Waals surface area contributed by atoms with E-state index in [-0.39, 0.29) is 11.2 Å². The number of aryl methyl sites for hydroxylation is 1. The Morgan fingerprint density at radius 1 is 0.939 bits per heavy atom. The predicted molar refractivity (Wildman–Crippen MR) is 126 cm³/mol. The van der Waals surface area contributed by atoms with E-state index < -0.39 is 37.1 Å². The van der Waals surface area contributed by atoms with Crippen molar-refractivity contribution in [2.75, 3.05) is 6.61 Å². The minimum atomic E-state index is -1.42. The Hall–Kier alpha value is -2.13. The van der Waals surface area contributed by atoms with Crippen molar-refractivity contribution in [3.8, 4) is 10.4 Å². The van der Waals surface area contributed by atoms with Crippen molar-refractivity contribution in [2.45, 2.75) is 56.7 Å². The van der Waals surface area contributed by atoms with Gasteiger partial charge in [0.15, 0.2) is 0 Å². The average Bonchev–Trinajstić information content (AvgIpc) is 3.30. The molecule has 2 heterocycles. The Kier molecular flexibility index (Phi) is 6.73. The van der Waals surface area contributed by atoms with E-state index >= 15 is 0 Å². The zero-order chi connectivity index (χ0) is 23.9. The molecule has 0 aliphatic carbocycles. The van der Waals surface area contributed by atoms with Gasteiger partial charge in [0, 0.05) is 15.2 Å². The molecule has 176 valence electrons. The van der Waals surface area contributed by atoms with Crippen LogP contribution in [-0.4, -0.2) is 51.4 Å². The van der Waals surface area contributed by atoms with Crippen LogP contribution in [0.15, 0.2) is 54.6 Å². The largest absolute Gasteiger partial charge is 0.394 e. The molecular weight excluding hydrogens is 443 g/mol. The Bertz CT molecular complexity index is 1110. The highest BCUT2D eigenvalue weighted by Gasteiger charge is 2.44. The highest BCUT2D eigenvalue weighted by atomic mass is 32.1. The summed E-state index contributed by atoms with van der Waals surface area (Å²) in [6, 6.07) is 16.3. The summed E-state index contributed by atoms with van der Waals surface area (Å²) in [6.07, 6.45) is -5.98. The average molecular weight is 473 g/mol. The zero-order valence-corrected chi connectivity index (χ0v) is 19.6. The lowest BCUT2D eigenvalue weighted by Crippen LogP contribution is -2.55. The van der Waals surface area contributed by atoms with E-state index in [4.69, 9.17) is 4.74 Å². The van der Waals surface area contributed by atoms with Gasteiger partial charge in [-0.05, 0) is 53.4 Å². The van der Waals surface area contributed by atoms with Gasteiger partial charge in [0.1, 0.15) is 36.3 Å². The van der Waals surface area contributed by atoms with E-state index in [1.807, 2.05) is 31.2 Å². The third-order valence-electron chi connectivity index (χ3n) is 6.51. The highest BCUT2D eigenvalue weighted by Crippen LogP contribution is 2.42. The fourth-order valence-electron chi connectivity index (χ4n) is 4.44. The number of aliphatic hydroxyl groups excluding tert-OH is 4. The smallest absolute Gasteiger partial charge is 0.123 e. The number of hydrogen-bond acceptors (Lipinski definition) is 6. The summed E-state index contributed by atoms with van der Waals surface area (Å²) in [5, 5.41) is 40.4. The maximum atomic E-state index is 13.3. The molecule has 0 bridgehead atoms. The summed E-state index contributed by atoms with van der Waals surface area (Å²) >= 11 is 1.64. The molecule has 1 saturated heterocycles. The summed E-state index contributed by atoms with van der Waals surface area (Å²) in [5.74, 6) is -0.267. The fourth-order valence-corrected chi connectivity index (χ4v) is 5.57. The first-order chi connectivity index (χ1) is 15.6. The van der Waals surface area contributed by atoms with Gasteiger partial charge in [-0.1, -0.05) is 44.2 Å². The lowest BCUT2D eigenvalue weighted by molar-refractivity contribution is -0.231. The molecule has 2 aromatic carbocycles. The molecule has 5 nitrogen and oxygen atoms in total. The molecule has 0 amide bonds. The first-order valence-electron chi connectivity index (χ1n) is 10.9. The molecule has 0 unspecified atom stereocenters. The summed E-state index contributed by atoms with van der Waals surface area (Å²) in [7, 11) is 0. The van der Waals surface area contributed by atoms with Gasteiger partial charge >= 0.3 is 0 Å². The molecule has 0 saturated carbocycles. The quantitative estimate of drug-likeness (QED) is 0.455. The number of halogens is 1. The van der Waals surface area contributed by atoms with Crippen LogP contribution in [0.1, 0.15) is 41.5 Å². The Morgan fingerprint density at radius 3 is 2.30 bits per heavy atom. The number of thiophene rings is 1. The van der Waals surface area contributed by atoms with E-state index in [2.05, 4.69) is 19.9 Å². The molecule has 33 heavy (non-hydrogen) atoms. The molecule has 0 spiro atoms. The van der Waals surface area contributed by atoms with Crippen LogP contribution >= 0.6 is 11.3 Å². The monoisotopic (exact) mass is 472 g/mol. The van der Waals surface area contributed by atoms with Crippen molar-refractivity contribution in [1.82, 2.24) is 0 Å². The van der Waals surface area contributed by atoms with E-state index in [0.717, 1.165) is 26.4 Å². The first kappa shape index (κ1) is 24.0. The zero-order valence-electron chi connectivity index (χ0n) is 18.8. The lowest BCUT2D eigenvalue weighted by Gasteiger charge is -2.40. The number of aliphatic hydroxyl groups is 4. The van der Waals surface area contributed by atoms with Crippen molar-refractivity contribution in [3.05, 3.63) is 82.0 Å². The molecule has 1 aliphatic heterocycles. The van der Waals surface area contributed by atoms with Gasteiger partial charge in [-0.2, -0.15) is 0 Å². The second-order valence-corrected chi connectivity index (χ2v) is 10.2. The van der Waals surface area contributed by atoms with Crippen LogP contribution in [0.3, 0.4) is 0 Å². The molecule has 0 radical (unpaired) electrons. The Morgan fingerprint density at radius 2 is 1.64 bits per heavy atom. The number of ether oxygens (including phenoxy) is 1. The SMILES string of the molecule is Cc1ccc([C@@H]2O[C@H](CO)[C@@H](O)[C@H](O)[C@H]2O)cc1C(C)(C)c1ccc(-c2ccc(F)cc2)s1. The normalized spacial score (nSPS) is 25.9. The third-order valence-corrected chi connectivity index (χ3v) is 7.96. The van der Waals surface area contributed by atoms with E-state index in [1.165, 1.54) is 12.1 Å². The predicted octanol–water partition coefficient (Wildman–Crippen LogP) is 3.70. The summed E-state index contributed by atoms with van der Waals surface area (Å²) in [4.78, 5) is 2.16. The Balaban J connectivity index is 1.68. The molecular formula is C26H29FO5S. The van der Waals surface area contributed by atoms with Crippen LogP contribution in [0.2, 0.25) is 0 Å². The molecule has 5 atom stereocenters. The summed E-state index contributed by atoms with van der Waals surface area (Å²) in [5.41, 5.74) is 3.33. The van der Waals surface area contributed by atoms with Crippen molar-refractivity contribution >= 4 is 11.3 Å². The van der Waals surface area contributed by atoms with Crippen LogP contribution in [0.4, 0.5) is 4.39 Å². The first-order valence-corrected chi connectivity index (χ1v) is 11.7. The fraction of sp³-hybridized carbons (Fsp3) is 0.385. The maximum absolute atomic E-state index is 13.3. The van der Waals surface area contributed by atoms with E-state index in [9.17, 15) is 24.8 Å². The van der Waals surface area contributed by atoms with Gasteiger partial charge in [0.2, 0.25) is 0 Å². The Labute approximate surface area is 196 Å². The van der Waals surface area contributed by atoms with Gasteiger partial charge < -0.3 is 25.2 Å². The van der Waals surface area contributed by atoms with E-state index in [1.54, 1.807) is 23.5 Å². The van der Waals surface area contributed by atoms with Crippen molar-refractivity contribution in [2.24, 2.45) is 0 Å². The van der Waals surface area contributed by atoms with Crippen molar-refractivity contribution in [1.29, 1.82) is 0 Å². The minimum absolute atomic E-state index is 0.267. The lowest BCUT2D eigenvalue weighted by atomic mass is 9.79. The van der Waals surface area contributed by atoms with Gasteiger partial charge in [-0.25, -0.2) is 4.39 Å². The summed E-state index contributed by atoms with van der Waals surface area (Å²) in [6.45, 7) is 5.79. The van der Waals surface area contributed by atoms with Crippen LogP contribution in [0, 0.1) is 12.7 Å². The van der Waals surface area contributed by atoms with E-state index in [0.29, 0.717) is 5.56 Å². The minimum Gasteiger partial charge on any atom is -0.394 e. The molecule has 7 heteroatoms. The van der Waals surface area contributed by atoms with Crippen LogP contribution in [0.25, 0.3) is 10.4 Å². The van der Waals surface area contributed by atoms with Gasteiger partial charge in [0.05, 0.1) is 6.61 Å². The number of hydrogen-bond donors (Lipinski definition) is 4. The number of benzene rings is 2. The number of rotatable bonds is 5. The second-order valence-electron chi connectivity index (χ2n) is 9.12. The maximum Gasteiger partial charge on any atom is 0.123 e. The molecule has 4 N–H and O–H groups in total. The highest BCUT2D eigenvalue weighted by molar-refractivity contribution is 7.15. The van der Waals surface area contributed by atoms with Crippen LogP contribution < -0.4 is 0 Å². The summed E-state index contributed by atoms with van der Waals surface area (Å²) < 4.78 is 19.1. The molecule has 1 fully saturated rings. The van der Waals surface area contributed by atoms with Crippen LogP contribution in [-0.2, 0) is 10.2 Å². The van der Waals surface area contributed by atoms with Gasteiger partial charge in [0.25, 0.3) is 0 Å². The second kappa shape index (κ2) is 9.25. The standard InChI is InChI=1S/C26H29FO5S/c1-14-4-5-16(25-24(31)23(30)22(29)19(13-28)32-25)12-18(14)26(2,3)21-11-10-20(33-21)15-6-8-17(27)9-7-15/h4-12,19,22-25,28-31H,13H2,1-3H3/t19-,22-,23+,24-,25+/m1/s1.